The molecule has 2 aliphatic rings. The number of nitrogens with zero attached hydrogens (tertiary/aromatic N) is 4. The van der Waals surface area contributed by atoms with Crippen molar-refractivity contribution in [3.63, 3.8) is 0 Å². The maximum atomic E-state index is 14.1. The number of methoxy groups -OCH3 is 2. The summed E-state index contributed by atoms with van der Waals surface area (Å²) in [6, 6.07) is 5.24. The minimum atomic E-state index is -0.233. The Balaban J connectivity index is 1.44. The average molecular weight is 597 g/mol. The fourth-order valence-corrected chi connectivity index (χ4v) is 5.74. The van der Waals surface area contributed by atoms with Gasteiger partial charge in [-0.1, -0.05) is 18.2 Å². The maximum absolute atomic E-state index is 14.1. The van der Waals surface area contributed by atoms with Crippen LogP contribution >= 0.6 is 11.6 Å². The van der Waals surface area contributed by atoms with Crippen LogP contribution in [0.4, 0.5) is 5.95 Å². The van der Waals surface area contributed by atoms with Crippen LogP contribution in [0.15, 0.2) is 41.8 Å². The van der Waals surface area contributed by atoms with Gasteiger partial charge in [0.25, 0.3) is 5.56 Å². The number of anilines is 1. The molecule has 11 nitrogen and oxygen atoms in total. The third-order valence-electron chi connectivity index (χ3n) is 7.89. The standard InChI is InChI=1S/C30H37ClN6O5/c1-4-26(38)34-21-17-36(18-21)9-10-37-28-20(16-33-30(35-28)32-8-5-19-6-11-42-12-7-19)13-24(29(37)39)23-14-22(40-2)15-25(41-3)27(23)31/h4,13-16,19,21H,1,5-12,17-18H2,2-3H3,(H,34,38)(H,32,33,35). The van der Waals surface area contributed by atoms with Crippen LogP contribution in [0.1, 0.15) is 19.3 Å². The van der Waals surface area contributed by atoms with Crippen molar-refractivity contribution in [2.75, 3.05) is 58.9 Å². The number of nitrogens with one attached hydrogen (secondary N) is 2. The number of ether oxygens (including phenoxy) is 3. The van der Waals surface area contributed by atoms with Gasteiger partial charge in [-0.25, -0.2) is 4.98 Å². The molecule has 1 amide bonds. The van der Waals surface area contributed by atoms with Crippen molar-refractivity contribution < 1.29 is 19.0 Å². The number of hydrogen-bond acceptors (Lipinski definition) is 9. The van der Waals surface area contributed by atoms with E-state index in [9.17, 15) is 9.59 Å². The SMILES string of the molecule is C=CC(=O)NC1CN(CCn2c(=O)c(-c3cc(OC)cc(OC)c3Cl)cc3cnc(NCCC4CCOCC4)nc32)C1. The van der Waals surface area contributed by atoms with Gasteiger partial charge in [0, 0.05) is 74.7 Å². The average Bonchev–Trinajstić information content (AvgIpc) is 2.99. The molecule has 4 heterocycles. The number of halogens is 1. The van der Waals surface area contributed by atoms with E-state index in [1.807, 2.05) is 0 Å². The fourth-order valence-electron chi connectivity index (χ4n) is 5.45. The number of carbonyl (C=O) groups is 1. The van der Waals surface area contributed by atoms with Crippen molar-refractivity contribution in [1.29, 1.82) is 0 Å². The van der Waals surface area contributed by atoms with E-state index >= 15 is 0 Å². The van der Waals surface area contributed by atoms with Gasteiger partial charge in [-0.05, 0) is 43.4 Å². The number of aromatic nitrogens is 3. The molecule has 0 saturated carbocycles. The summed E-state index contributed by atoms with van der Waals surface area (Å²) in [4.78, 5) is 37.2. The van der Waals surface area contributed by atoms with Crippen molar-refractivity contribution in [3.8, 4) is 22.6 Å². The lowest BCUT2D eigenvalue weighted by atomic mass is 9.97. The third kappa shape index (κ3) is 6.69. The first-order chi connectivity index (χ1) is 20.4. The number of rotatable bonds is 12. The molecule has 42 heavy (non-hydrogen) atoms. The van der Waals surface area contributed by atoms with Gasteiger partial charge in [-0.15, -0.1) is 0 Å². The zero-order valence-electron chi connectivity index (χ0n) is 24.0. The number of benzene rings is 1. The molecule has 0 unspecified atom stereocenters. The molecule has 224 valence electrons. The molecule has 2 N–H and O–H groups in total. The Kier molecular flexibility index (Phi) is 9.61. The molecule has 1 aromatic carbocycles. The van der Waals surface area contributed by atoms with Gasteiger partial charge in [0.1, 0.15) is 17.1 Å². The van der Waals surface area contributed by atoms with Gasteiger partial charge in [-0.3, -0.25) is 19.1 Å². The monoisotopic (exact) mass is 596 g/mol. The molecule has 0 spiro atoms. The lowest BCUT2D eigenvalue weighted by molar-refractivity contribution is -0.118. The maximum Gasteiger partial charge on any atom is 0.260 e. The minimum absolute atomic E-state index is 0.0622. The highest BCUT2D eigenvalue weighted by atomic mass is 35.5. The fraction of sp³-hybridized carbons (Fsp3) is 0.467. The van der Waals surface area contributed by atoms with E-state index in [0.717, 1.165) is 39.0 Å². The summed E-state index contributed by atoms with van der Waals surface area (Å²) < 4.78 is 18.0. The van der Waals surface area contributed by atoms with Gasteiger partial charge < -0.3 is 24.8 Å². The first-order valence-electron chi connectivity index (χ1n) is 14.2. The predicted molar refractivity (Wildman–Crippen MR) is 163 cm³/mol. The lowest BCUT2D eigenvalue weighted by Crippen LogP contribution is -2.59. The second-order valence-electron chi connectivity index (χ2n) is 10.6. The van der Waals surface area contributed by atoms with Crippen LogP contribution < -0.4 is 25.7 Å². The summed E-state index contributed by atoms with van der Waals surface area (Å²) in [7, 11) is 3.07. The van der Waals surface area contributed by atoms with E-state index in [4.69, 9.17) is 30.8 Å². The van der Waals surface area contributed by atoms with Gasteiger partial charge in [-0.2, -0.15) is 4.98 Å². The van der Waals surface area contributed by atoms with Crippen molar-refractivity contribution in [3.05, 3.63) is 52.4 Å². The first-order valence-corrected chi connectivity index (χ1v) is 14.6. The highest BCUT2D eigenvalue weighted by Crippen LogP contribution is 2.38. The van der Waals surface area contributed by atoms with E-state index in [-0.39, 0.29) is 17.5 Å². The Morgan fingerprint density at radius 3 is 2.67 bits per heavy atom. The van der Waals surface area contributed by atoms with Crippen molar-refractivity contribution in [1.82, 2.24) is 24.8 Å². The Labute approximate surface area is 249 Å². The molecular weight excluding hydrogens is 560 g/mol. The summed E-state index contributed by atoms with van der Waals surface area (Å²) in [5.41, 5.74) is 1.20. The van der Waals surface area contributed by atoms with Crippen molar-refractivity contribution in [2.45, 2.75) is 31.8 Å². The molecule has 0 radical (unpaired) electrons. The van der Waals surface area contributed by atoms with Crippen LogP contribution in [0.2, 0.25) is 5.02 Å². The Morgan fingerprint density at radius 1 is 1.17 bits per heavy atom. The molecule has 2 aromatic heterocycles. The molecule has 2 aliphatic heterocycles. The summed E-state index contributed by atoms with van der Waals surface area (Å²) in [6.45, 7) is 8.25. The van der Waals surface area contributed by atoms with Gasteiger partial charge in [0.2, 0.25) is 11.9 Å². The summed E-state index contributed by atoms with van der Waals surface area (Å²) in [5, 5.41) is 7.27. The minimum Gasteiger partial charge on any atom is -0.497 e. The van der Waals surface area contributed by atoms with Crippen LogP contribution in [-0.2, 0) is 16.1 Å². The largest absolute Gasteiger partial charge is 0.497 e. The van der Waals surface area contributed by atoms with E-state index in [1.54, 1.807) is 36.1 Å². The molecule has 3 aromatic rings. The van der Waals surface area contributed by atoms with Crippen LogP contribution in [0.25, 0.3) is 22.2 Å². The van der Waals surface area contributed by atoms with Crippen molar-refractivity contribution in [2.24, 2.45) is 5.92 Å². The van der Waals surface area contributed by atoms with Gasteiger partial charge in [0.15, 0.2) is 0 Å². The van der Waals surface area contributed by atoms with Crippen LogP contribution in [0.5, 0.6) is 11.5 Å². The number of pyridine rings is 1. The van der Waals surface area contributed by atoms with Gasteiger partial charge in [0.05, 0.1) is 25.3 Å². The highest BCUT2D eigenvalue weighted by molar-refractivity contribution is 6.35. The molecule has 0 atom stereocenters. The Hall–Kier alpha value is -3.67. The molecule has 0 aliphatic carbocycles. The lowest BCUT2D eigenvalue weighted by Gasteiger charge is -2.39. The van der Waals surface area contributed by atoms with Crippen LogP contribution in [-0.4, -0.2) is 85.0 Å². The zero-order valence-corrected chi connectivity index (χ0v) is 24.8. The normalized spacial score (nSPS) is 16.2. The van der Waals surface area contributed by atoms with Crippen molar-refractivity contribution >= 4 is 34.5 Å². The molecular formula is C30H37ClN6O5. The number of hydrogen-bond donors (Lipinski definition) is 2. The van der Waals surface area contributed by atoms with E-state index in [0.29, 0.717) is 76.7 Å². The summed E-state index contributed by atoms with van der Waals surface area (Å²) in [5.74, 6) is 1.84. The quantitative estimate of drug-likeness (QED) is 0.303. The summed E-state index contributed by atoms with van der Waals surface area (Å²) in [6.07, 6.45) is 6.14. The second kappa shape index (κ2) is 13.5. The number of carbonyl (C=O) groups excluding carboxylic acids is 1. The molecule has 2 fully saturated rings. The predicted octanol–water partition coefficient (Wildman–Crippen LogP) is 3.34. The topological polar surface area (TPSA) is 120 Å². The first kappa shape index (κ1) is 29.8. The Morgan fingerprint density at radius 2 is 1.95 bits per heavy atom. The highest BCUT2D eigenvalue weighted by Gasteiger charge is 2.27. The second-order valence-corrected chi connectivity index (χ2v) is 11.0. The smallest absolute Gasteiger partial charge is 0.260 e. The van der Waals surface area contributed by atoms with E-state index in [1.165, 1.54) is 13.2 Å². The zero-order chi connectivity index (χ0) is 29.6. The molecule has 12 heteroatoms. The third-order valence-corrected chi connectivity index (χ3v) is 8.28. The van der Waals surface area contributed by atoms with Crippen LogP contribution in [0.3, 0.4) is 0 Å². The number of likely N-dealkylation sites (tertiary alicyclic amines) is 1. The van der Waals surface area contributed by atoms with Crippen LogP contribution in [0, 0.1) is 5.92 Å². The number of amides is 1. The van der Waals surface area contributed by atoms with E-state index < -0.39 is 0 Å². The number of fused-ring (bicyclic) bond motifs is 1. The van der Waals surface area contributed by atoms with Gasteiger partial charge >= 0.3 is 0 Å². The molecule has 5 rings (SSSR count). The molecule has 0 bridgehead atoms. The summed E-state index contributed by atoms with van der Waals surface area (Å²) >= 11 is 6.70. The Bertz CT molecular complexity index is 1500. The molecule has 2 saturated heterocycles. The van der Waals surface area contributed by atoms with E-state index in [2.05, 4.69) is 27.1 Å².